The third-order valence-electron chi connectivity index (χ3n) is 5.94. The van der Waals surface area contributed by atoms with Crippen LogP contribution in [0.3, 0.4) is 0 Å². The fraction of sp³-hybridized carbons (Fsp3) is 0.286. The second kappa shape index (κ2) is 12.5. The molecule has 4 rings (SSSR count). The summed E-state index contributed by atoms with van der Waals surface area (Å²) in [5.74, 6) is 0.293. The summed E-state index contributed by atoms with van der Waals surface area (Å²) in [6.45, 7) is 2.23. The van der Waals surface area contributed by atoms with Gasteiger partial charge >= 0.3 is 5.97 Å². The summed E-state index contributed by atoms with van der Waals surface area (Å²) in [4.78, 5) is 26.5. The molecule has 0 atom stereocenters. The van der Waals surface area contributed by atoms with Crippen LogP contribution in [0, 0.1) is 0 Å². The molecular formula is C28H27Cl2NO5S. The number of nitrogens with one attached hydrogen (secondary N) is 1. The zero-order valence-electron chi connectivity index (χ0n) is 20.6. The predicted molar refractivity (Wildman–Crippen MR) is 148 cm³/mol. The lowest BCUT2D eigenvalue weighted by molar-refractivity contribution is -0.111. The third kappa shape index (κ3) is 6.47. The van der Waals surface area contributed by atoms with E-state index in [1.165, 1.54) is 17.4 Å². The molecule has 0 aliphatic heterocycles. The highest BCUT2D eigenvalue weighted by atomic mass is 35.5. The van der Waals surface area contributed by atoms with E-state index >= 15 is 0 Å². The average Bonchev–Trinajstić information content (AvgIpc) is 3.25. The van der Waals surface area contributed by atoms with E-state index in [4.69, 9.17) is 37.4 Å². The van der Waals surface area contributed by atoms with E-state index in [2.05, 4.69) is 5.32 Å². The minimum absolute atomic E-state index is 0.181. The summed E-state index contributed by atoms with van der Waals surface area (Å²) >= 11 is 13.9. The molecule has 0 saturated heterocycles. The Labute approximate surface area is 230 Å². The van der Waals surface area contributed by atoms with Gasteiger partial charge in [-0.2, -0.15) is 0 Å². The Balaban J connectivity index is 1.46. The number of aryl methyl sites for hydroxylation is 1. The number of esters is 1. The Bertz CT molecular complexity index is 1310. The molecule has 0 saturated carbocycles. The molecule has 0 fully saturated rings. The van der Waals surface area contributed by atoms with Gasteiger partial charge in [-0.1, -0.05) is 35.3 Å². The molecule has 0 unspecified atom stereocenters. The number of carbonyl (C=O) groups is 2. The minimum atomic E-state index is -0.389. The number of thiophene rings is 1. The van der Waals surface area contributed by atoms with Crippen LogP contribution in [-0.4, -0.2) is 25.6 Å². The molecule has 1 heterocycles. The van der Waals surface area contributed by atoms with Crippen molar-refractivity contribution in [1.29, 1.82) is 0 Å². The van der Waals surface area contributed by atoms with Crippen LogP contribution in [0.15, 0.2) is 42.5 Å². The van der Waals surface area contributed by atoms with Gasteiger partial charge in [0.15, 0.2) is 11.5 Å². The van der Waals surface area contributed by atoms with Gasteiger partial charge in [-0.25, -0.2) is 4.79 Å². The van der Waals surface area contributed by atoms with Gasteiger partial charge < -0.3 is 19.5 Å². The van der Waals surface area contributed by atoms with Crippen molar-refractivity contribution in [3.05, 3.63) is 79.7 Å². The maximum absolute atomic E-state index is 12.8. The molecule has 6 nitrogen and oxygen atoms in total. The Kier molecular flexibility index (Phi) is 9.14. The zero-order chi connectivity index (χ0) is 26.4. The van der Waals surface area contributed by atoms with E-state index in [-0.39, 0.29) is 25.1 Å². The number of hydrogen-bond acceptors (Lipinski definition) is 6. The molecule has 2 aromatic carbocycles. The molecule has 1 aliphatic carbocycles. The van der Waals surface area contributed by atoms with Gasteiger partial charge in [-0.15, -0.1) is 11.3 Å². The molecular weight excluding hydrogens is 533 g/mol. The minimum Gasteiger partial charge on any atom is -0.493 e. The lowest BCUT2D eigenvalue weighted by Gasteiger charge is -2.13. The number of anilines is 1. The highest BCUT2D eigenvalue weighted by Crippen LogP contribution is 2.39. The quantitative estimate of drug-likeness (QED) is 0.219. The predicted octanol–water partition coefficient (Wildman–Crippen LogP) is 7.35. The van der Waals surface area contributed by atoms with Gasteiger partial charge in [0.05, 0.1) is 19.3 Å². The van der Waals surface area contributed by atoms with Crippen molar-refractivity contribution in [3.8, 4) is 11.5 Å². The lowest BCUT2D eigenvalue weighted by atomic mass is 9.95. The highest BCUT2D eigenvalue weighted by Gasteiger charge is 2.27. The Morgan fingerprint density at radius 1 is 1.08 bits per heavy atom. The summed E-state index contributed by atoms with van der Waals surface area (Å²) in [7, 11) is 1.54. The number of benzene rings is 2. The van der Waals surface area contributed by atoms with Crippen LogP contribution in [0.4, 0.5) is 5.00 Å². The summed E-state index contributed by atoms with van der Waals surface area (Å²) in [5.41, 5.74) is 2.93. The normalized spacial score (nSPS) is 12.8. The molecule has 3 aromatic rings. The first kappa shape index (κ1) is 27.0. The second-order valence-corrected chi connectivity index (χ2v) is 10.3. The van der Waals surface area contributed by atoms with Gasteiger partial charge in [0.1, 0.15) is 11.6 Å². The number of fused-ring (bicyclic) bond motifs is 1. The zero-order valence-corrected chi connectivity index (χ0v) is 22.9. The maximum atomic E-state index is 12.8. The first-order valence-corrected chi connectivity index (χ1v) is 13.5. The van der Waals surface area contributed by atoms with Crippen molar-refractivity contribution >= 4 is 57.5 Å². The SMILES string of the molecule is CCOC(=O)c1c(NC(=O)C=Cc2ccc(OCc3c(Cl)cccc3Cl)c(OC)c2)sc2c1CCCC2. The van der Waals surface area contributed by atoms with Crippen molar-refractivity contribution in [2.45, 2.75) is 39.2 Å². The van der Waals surface area contributed by atoms with Crippen LogP contribution in [-0.2, 0) is 29.0 Å². The standard InChI is InChI=1S/C28H27Cl2NO5S/c1-3-35-28(33)26-18-7-4-5-10-24(18)37-27(26)31-25(32)14-12-17-11-13-22(23(15-17)34-2)36-16-19-20(29)8-6-9-21(19)30/h6,8-9,11-15H,3-5,7,10,16H2,1-2H3,(H,31,32). The fourth-order valence-electron chi connectivity index (χ4n) is 4.13. The number of methoxy groups -OCH3 is 1. The molecule has 0 radical (unpaired) electrons. The van der Waals surface area contributed by atoms with Crippen molar-refractivity contribution < 1.29 is 23.8 Å². The molecule has 1 aliphatic rings. The summed E-state index contributed by atoms with van der Waals surface area (Å²) in [5, 5.41) is 4.46. The Morgan fingerprint density at radius 3 is 2.57 bits per heavy atom. The number of carbonyl (C=O) groups excluding carboxylic acids is 2. The second-order valence-electron chi connectivity index (χ2n) is 8.36. The first-order chi connectivity index (χ1) is 17.9. The number of rotatable bonds is 9. The van der Waals surface area contributed by atoms with Gasteiger partial charge in [0, 0.05) is 26.6 Å². The van der Waals surface area contributed by atoms with Gasteiger partial charge in [0.25, 0.3) is 0 Å². The molecule has 0 bridgehead atoms. The van der Waals surface area contributed by atoms with E-state index in [9.17, 15) is 9.59 Å². The van der Waals surface area contributed by atoms with Gasteiger partial charge in [-0.05, 0) is 74.1 Å². The van der Waals surface area contributed by atoms with Crippen molar-refractivity contribution in [3.63, 3.8) is 0 Å². The van der Waals surface area contributed by atoms with Crippen molar-refractivity contribution in [2.24, 2.45) is 0 Å². The Hall–Kier alpha value is -3.00. The fourth-order valence-corrected chi connectivity index (χ4v) is 5.91. The summed E-state index contributed by atoms with van der Waals surface area (Å²) in [6, 6.07) is 10.6. The van der Waals surface area contributed by atoms with Crippen LogP contribution in [0.25, 0.3) is 6.08 Å². The lowest BCUT2D eigenvalue weighted by Crippen LogP contribution is -2.14. The van der Waals surface area contributed by atoms with Crippen LogP contribution in [0.2, 0.25) is 10.0 Å². The monoisotopic (exact) mass is 559 g/mol. The van der Waals surface area contributed by atoms with Crippen LogP contribution in [0.5, 0.6) is 11.5 Å². The van der Waals surface area contributed by atoms with Gasteiger partial charge in [0.2, 0.25) is 5.91 Å². The van der Waals surface area contributed by atoms with Gasteiger partial charge in [-0.3, -0.25) is 4.79 Å². The van der Waals surface area contributed by atoms with Crippen LogP contribution >= 0.6 is 34.5 Å². The maximum Gasteiger partial charge on any atom is 0.341 e. The van der Waals surface area contributed by atoms with Crippen LogP contribution < -0.4 is 14.8 Å². The highest BCUT2D eigenvalue weighted by molar-refractivity contribution is 7.17. The van der Waals surface area contributed by atoms with E-state index in [0.29, 0.717) is 37.7 Å². The smallest absolute Gasteiger partial charge is 0.341 e. The largest absolute Gasteiger partial charge is 0.493 e. The van der Waals surface area contributed by atoms with E-state index in [1.807, 2.05) is 6.07 Å². The molecule has 194 valence electrons. The number of amides is 1. The summed E-state index contributed by atoms with van der Waals surface area (Å²) < 4.78 is 16.6. The first-order valence-electron chi connectivity index (χ1n) is 12.0. The van der Waals surface area contributed by atoms with Crippen LogP contribution in [0.1, 0.15) is 51.7 Å². The van der Waals surface area contributed by atoms with E-state index < -0.39 is 0 Å². The molecule has 1 aromatic heterocycles. The third-order valence-corrected chi connectivity index (χ3v) is 7.85. The Morgan fingerprint density at radius 2 is 1.84 bits per heavy atom. The van der Waals surface area contributed by atoms with E-state index in [1.54, 1.807) is 50.4 Å². The molecule has 0 spiro atoms. The van der Waals surface area contributed by atoms with E-state index in [0.717, 1.165) is 41.7 Å². The average molecular weight is 560 g/mol. The molecule has 1 N–H and O–H groups in total. The number of hydrogen-bond donors (Lipinski definition) is 1. The number of ether oxygens (including phenoxy) is 3. The number of halogens is 2. The van der Waals surface area contributed by atoms with Crippen molar-refractivity contribution in [2.75, 3.05) is 19.0 Å². The topological polar surface area (TPSA) is 73.9 Å². The molecule has 9 heteroatoms. The molecule has 1 amide bonds. The summed E-state index contributed by atoms with van der Waals surface area (Å²) in [6.07, 6.45) is 6.93. The molecule has 37 heavy (non-hydrogen) atoms. The van der Waals surface area contributed by atoms with Crippen molar-refractivity contribution in [1.82, 2.24) is 0 Å².